The van der Waals surface area contributed by atoms with E-state index in [9.17, 15) is 14.4 Å². The van der Waals surface area contributed by atoms with E-state index < -0.39 is 11.9 Å². The van der Waals surface area contributed by atoms with E-state index in [1.165, 1.54) is 12.4 Å². The van der Waals surface area contributed by atoms with Crippen molar-refractivity contribution in [3.05, 3.63) is 92.1 Å². The molecule has 1 saturated heterocycles. The van der Waals surface area contributed by atoms with E-state index in [4.69, 9.17) is 9.94 Å². The second kappa shape index (κ2) is 11.7. The minimum atomic E-state index is -0.666. The summed E-state index contributed by atoms with van der Waals surface area (Å²) in [4.78, 5) is 46.9. The average molecular weight is 593 g/mol. The summed E-state index contributed by atoms with van der Waals surface area (Å²) in [5.74, 6) is -0.374. The molecule has 2 aromatic carbocycles. The second-order valence-electron chi connectivity index (χ2n) is 9.28. The Labute approximate surface area is 231 Å². The number of hydrogen-bond acceptors (Lipinski definition) is 9. The fourth-order valence-corrected chi connectivity index (χ4v) is 4.98. The molecular formula is C27H25BrN6O5. The number of carbonyl (C=O) groups is 2. The number of esters is 1. The summed E-state index contributed by atoms with van der Waals surface area (Å²) < 4.78 is 6.32. The number of hydroxylamine groups is 1. The second-order valence-corrected chi connectivity index (χ2v) is 10.1. The number of nitrogens with zero attached hydrogens (tertiary/aromatic N) is 4. The maximum atomic E-state index is 13.0. The fraction of sp³-hybridized carbons (Fsp3) is 0.259. The average Bonchev–Trinajstić information content (AvgIpc) is 2.98. The number of hydrogen-bond donors (Lipinski definition) is 3. The summed E-state index contributed by atoms with van der Waals surface area (Å²) in [6, 6.07) is 12.8. The highest BCUT2D eigenvalue weighted by Crippen LogP contribution is 2.25. The number of amides is 1. The summed E-state index contributed by atoms with van der Waals surface area (Å²) in [5.41, 5.74) is 3.50. The third-order valence-electron chi connectivity index (χ3n) is 6.75. The number of nitrogens with one attached hydrogen (secondary N) is 2. The molecule has 0 aliphatic carbocycles. The van der Waals surface area contributed by atoms with E-state index in [0.717, 1.165) is 23.8 Å². The van der Waals surface area contributed by atoms with E-state index in [0.29, 0.717) is 53.2 Å². The number of fused-ring (bicyclic) bond motifs is 1. The van der Waals surface area contributed by atoms with Crippen LogP contribution < -0.4 is 15.9 Å². The van der Waals surface area contributed by atoms with Gasteiger partial charge in [0, 0.05) is 41.8 Å². The number of benzene rings is 2. The van der Waals surface area contributed by atoms with Gasteiger partial charge in [-0.05, 0) is 58.5 Å². The minimum Gasteiger partial charge on any atom is -0.462 e. The third kappa shape index (κ3) is 5.96. The number of aromatic nitrogens is 4. The van der Waals surface area contributed by atoms with Crippen LogP contribution in [0.25, 0.3) is 10.8 Å². The van der Waals surface area contributed by atoms with Gasteiger partial charge in [0.05, 0.1) is 28.8 Å². The summed E-state index contributed by atoms with van der Waals surface area (Å²) in [7, 11) is 0. The predicted octanol–water partition coefficient (Wildman–Crippen LogP) is 3.26. The molecule has 0 radical (unpaired) electrons. The SMILES string of the molecule is O=C(NO)c1cnc(N2CCC(COC(=O)c3cc(Cc4n[nH]c(=O)c5ccccc45)ccc3Br)CC2)nc1. The van der Waals surface area contributed by atoms with Crippen LogP contribution in [0.1, 0.15) is 44.8 Å². The van der Waals surface area contributed by atoms with Crippen LogP contribution in [-0.2, 0) is 11.2 Å². The Hall–Kier alpha value is -4.16. The first-order chi connectivity index (χ1) is 18.9. The highest BCUT2D eigenvalue weighted by molar-refractivity contribution is 9.10. The molecule has 1 amide bonds. The van der Waals surface area contributed by atoms with E-state index in [1.54, 1.807) is 17.6 Å². The molecule has 0 saturated carbocycles. The molecule has 5 rings (SSSR count). The summed E-state index contributed by atoms with van der Waals surface area (Å²) in [6.07, 6.45) is 4.76. The van der Waals surface area contributed by atoms with Crippen molar-refractivity contribution in [3.63, 3.8) is 0 Å². The molecule has 3 N–H and O–H groups in total. The van der Waals surface area contributed by atoms with Crippen molar-refractivity contribution < 1.29 is 19.5 Å². The quantitative estimate of drug-likeness (QED) is 0.167. The molecule has 39 heavy (non-hydrogen) atoms. The molecule has 3 heterocycles. The zero-order valence-electron chi connectivity index (χ0n) is 20.8. The third-order valence-corrected chi connectivity index (χ3v) is 7.44. The predicted molar refractivity (Wildman–Crippen MR) is 146 cm³/mol. The first-order valence-electron chi connectivity index (χ1n) is 12.4. The molecule has 0 atom stereocenters. The number of aromatic amines is 1. The van der Waals surface area contributed by atoms with Crippen LogP contribution in [0.3, 0.4) is 0 Å². The van der Waals surface area contributed by atoms with Gasteiger partial charge in [-0.2, -0.15) is 5.10 Å². The Bertz CT molecular complexity index is 1570. The molecule has 12 heteroatoms. The van der Waals surface area contributed by atoms with Gasteiger partial charge in [0.2, 0.25) is 5.95 Å². The van der Waals surface area contributed by atoms with Gasteiger partial charge < -0.3 is 9.64 Å². The molecule has 0 spiro atoms. The smallest absolute Gasteiger partial charge is 0.339 e. The highest BCUT2D eigenvalue weighted by atomic mass is 79.9. The van der Waals surface area contributed by atoms with Crippen LogP contribution in [0, 0.1) is 5.92 Å². The van der Waals surface area contributed by atoms with Crippen molar-refractivity contribution in [1.29, 1.82) is 0 Å². The van der Waals surface area contributed by atoms with Gasteiger partial charge in [0.15, 0.2) is 0 Å². The maximum Gasteiger partial charge on any atom is 0.339 e. The van der Waals surface area contributed by atoms with Gasteiger partial charge in [-0.3, -0.25) is 14.8 Å². The molecule has 0 bridgehead atoms. The number of ether oxygens (including phenoxy) is 1. The number of rotatable bonds is 7. The Balaban J connectivity index is 1.18. The molecule has 11 nitrogen and oxygen atoms in total. The molecule has 0 unspecified atom stereocenters. The van der Waals surface area contributed by atoms with Gasteiger partial charge >= 0.3 is 5.97 Å². The maximum absolute atomic E-state index is 13.0. The van der Waals surface area contributed by atoms with E-state index in [-0.39, 0.29) is 17.0 Å². The molecule has 1 aliphatic heterocycles. The van der Waals surface area contributed by atoms with Crippen molar-refractivity contribution in [3.8, 4) is 0 Å². The lowest BCUT2D eigenvalue weighted by molar-refractivity contribution is 0.0419. The Kier molecular flexibility index (Phi) is 7.94. The number of halogens is 1. The lowest BCUT2D eigenvalue weighted by atomic mass is 9.98. The number of carbonyl (C=O) groups excluding carboxylic acids is 2. The van der Waals surface area contributed by atoms with E-state index in [1.807, 2.05) is 35.2 Å². The summed E-state index contributed by atoms with van der Waals surface area (Å²) in [5, 5.41) is 16.8. The lowest BCUT2D eigenvalue weighted by Gasteiger charge is -2.31. The van der Waals surface area contributed by atoms with Crippen LogP contribution in [0.5, 0.6) is 0 Å². The molecule has 4 aromatic rings. The van der Waals surface area contributed by atoms with Gasteiger partial charge in [0.1, 0.15) is 0 Å². The van der Waals surface area contributed by atoms with Gasteiger partial charge in [-0.1, -0.05) is 24.3 Å². The lowest BCUT2D eigenvalue weighted by Crippen LogP contribution is -2.36. The fourth-order valence-electron chi connectivity index (χ4n) is 4.58. The first kappa shape index (κ1) is 26.4. The van der Waals surface area contributed by atoms with Crippen molar-refractivity contribution in [2.45, 2.75) is 19.3 Å². The van der Waals surface area contributed by atoms with Crippen molar-refractivity contribution in [1.82, 2.24) is 25.6 Å². The van der Waals surface area contributed by atoms with Crippen LogP contribution >= 0.6 is 15.9 Å². The van der Waals surface area contributed by atoms with E-state index >= 15 is 0 Å². The zero-order valence-corrected chi connectivity index (χ0v) is 22.3. The number of anilines is 1. The van der Waals surface area contributed by atoms with Crippen molar-refractivity contribution in [2.24, 2.45) is 5.92 Å². The molecule has 1 aliphatic rings. The van der Waals surface area contributed by atoms with Crippen LogP contribution in [-0.4, -0.2) is 56.9 Å². The minimum absolute atomic E-state index is 0.168. The van der Waals surface area contributed by atoms with Crippen LogP contribution in [0.15, 0.2) is 64.1 Å². The first-order valence-corrected chi connectivity index (χ1v) is 13.2. The van der Waals surface area contributed by atoms with Gasteiger partial charge in [-0.25, -0.2) is 25.3 Å². The molecule has 200 valence electrons. The Morgan fingerprint density at radius 2 is 1.82 bits per heavy atom. The van der Waals surface area contributed by atoms with Gasteiger partial charge in [0.25, 0.3) is 11.5 Å². The molecular weight excluding hydrogens is 568 g/mol. The van der Waals surface area contributed by atoms with Crippen molar-refractivity contribution >= 4 is 44.5 Å². The highest BCUT2D eigenvalue weighted by Gasteiger charge is 2.23. The normalized spacial score (nSPS) is 13.8. The molecule has 2 aromatic heterocycles. The van der Waals surface area contributed by atoms with Crippen LogP contribution in [0.4, 0.5) is 5.95 Å². The van der Waals surface area contributed by atoms with Crippen LogP contribution in [0.2, 0.25) is 0 Å². The Morgan fingerprint density at radius 1 is 1.10 bits per heavy atom. The summed E-state index contributed by atoms with van der Waals surface area (Å²) >= 11 is 3.46. The number of H-pyrrole nitrogens is 1. The standard InChI is InChI=1S/C27H25BrN6O5/c28-22-6-5-17(12-23-19-3-1-2-4-20(19)25(36)32-31-23)11-21(22)26(37)39-15-16-7-9-34(10-8-16)27-29-13-18(14-30-27)24(35)33-38/h1-6,11,13-14,16,38H,7-10,12,15H2,(H,32,36)(H,33,35). The largest absolute Gasteiger partial charge is 0.462 e. The molecule has 1 fully saturated rings. The van der Waals surface area contributed by atoms with Gasteiger partial charge in [-0.15, -0.1) is 0 Å². The zero-order chi connectivity index (χ0) is 27.4. The monoisotopic (exact) mass is 592 g/mol. The number of piperidine rings is 1. The topological polar surface area (TPSA) is 150 Å². The summed E-state index contributed by atoms with van der Waals surface area (Å²) in [6.45, 7) is 1.67. The van der Waals surface area contributed by atoms with E-state index in [2.05, 4.69) is 36.1 Å². The van der Waals surface area contributed by atoms with Crippen molar-refractivity contribution in [2.75, 3.05) is 24.6 Å². The Morgan fingerprint density at radius 3 is 2.54 bits per heavy atom.